The summed E-state index contributed by atoms with van der Waals surface area (Å²) < 4.78 is 25.6. The maximum absolute atomic E-state index is 14.1. The van der Waals surface area contributed by atoms with Crippen LogP contribution in [-0.4, -0.2) is 30.5 Å². The van der Waals surface area contributed by atoms with Crippen molar-refractivity contribution in [2.24, 2.45) is 5.16 Å². The van der Waals surface area contributed by atoms with Crippen LogP contribution < -0.4 is 9.47 Å². The van der Waals surface area contributed by atoms with Crippen LogP contribution >= 0.6 is 0 Å². The zero-order chi connectivity index (χ0) is 22.8. The van der Waals surface area contributed by atoms with E-state index in [9.17, 15) is 9.18 Å². The fourth-order valence-corrected chi connectivity index (χ4v) is 2.97. The summed E-state index contributed by atoms with van der Waals surface area (Å²) in [4.78, 5) is 15.6. The Kier molecular flexibility index (Phi) is 8.20. The number of rotatable bonds is 11. The number of aliphatic carboxylic acids is 1. The zero-order valence-corrected chi connectivity index (χ0v) is 17.7. The van der Waals surface area contributed by atoms with E-state index in [4.69, 9.17) is 19.4 Å². The highest BCUT2D eigenvalue weighted by Crippen LogP contribution is 2.20. The van der Waals surface area contributed by atoms with Gasteiger partial charge in [-0.1, -0.05) is 53.7 Å². The summed E-state index contributed by atoms with van der Waals surface area (Å²) in [6.07, 6.45) is 0.0275. The number of ether oxygens (including phenoxy) is 2. The highest BCUT2D eigenvalue weighted by atomic mass is 19.1. The number of halogens is 1. The van der Waals surface area contributed by atoms with E-state index in [0.29, 0.717) is 22.8 Å². The Morgan fingerprint density at radius 2 is 1.69 bits per heavy atom. The van der Waals surface area contributed by atoms with Crippen LogP contribution in [0.15, 0.2) is 78.0 Å². The molecular weight excluding hydrogens is 413 g/mol. The summed E-state index contributed by atoms with van der Waals surface area (Å²) in [6, 6.07) is 21.5. The lowest BCUT2D eigenvalue weighted by Crippen LogP contribution is -2.13. The van der Waals surface area contributed by atoms with Gasteiger partial charge in [-0.25, -0.2) is 4.39 Å². The largest absolute Gasteiger partial charge is 0.489 e. The van der Waals surface area contributed by atoms with E-state index in [2.05, 4.69) is 5.16 Å². The van der Waals surface area contributed by atoms with Gasteiger partial charge in [0, 0.05) is 18.1 Å². The van der Waals surface area contributed by atoms with Crippen LogP contribution in [0.25, 0.3) is 0 Å². The Bertz CT molecular complexity index is 1050. The van der Waals surface area contributed by atoms with Gasteiger partial charge in [0.15, 0.2) is 0 Å². The second kappa shape index (κ2) is 11.5. The Balaban J connectivity index is 1.53. The van der Waals surface area contributed by atoms with Gasteiger partial charge in [-0.3, -0.25) is 4.79 Å². The van der Waals surface area contributed by atoms with Gasteiger partial charge < -0.3 is 19.4 Å². The van der Waals surface area contributed by atoms with E-state index in [0.717, 1.165) is 11.1 Å². The van der Waals surface area contributed by atoms with E-state index in [1.54, 1.807) is 12.1 Å². The second-order valence-electron chi connectivity index (χ2n) is 6.95. The summed E-state index contributed by atoms with van der Waals surface area (Å²) >= 11 is 0. The number of aryl methyl sites for hydroxylation is 1. The lowest BCUT2D eigenvalue weighted by Gasteiger charge is -2.11. The molecule has 0 heterocycles. The number of hydrogen-bond acceptors (Lipinski definition) is 5. The number of benzene rings is 3. The number of carbonyl (C=O) groups is 1. The van der Waals surface area contributed by atoms with Gasteiger partial charge in [-0.2, -0.15) is 0 Å². The molecule has 0 bridgehead atoms. The highest BCUT2D eigenvalue weighted by molar-refractivity contribution is 6.01. The highest BCUT2D eigenvalue weighted by Gasteiger charge is 2.08. The third-order valence-corrected chi connectivity index (χ3v) is 4.65. The van der Waals surface area contributed by atoms with Crippen LogP contribution in [0, 0.1) is 5.82 Å². The summed E-state index contributed by atoms with van der Waals surface area (Å²) in [5.74, 6) is -0.383. The first-order valence-electron chi connectivity index (χ1n) is 10.1. The topological polar surface area (TPSA) is 77.3 Å². The minimum Gasteiger partial charge on any atom is -0.489 e. The van der Waals surface area contributed by atoms with Gasteiger partial charge in [0.2, 0.25) is 0 Å². The zero-order valence-electron chi connectivity index (χ0n) is 17.7. The first-order chi connectivity index (χ1) is 15.5. The Morgan fingerprint density at radius 1 is 0.969 bits per heavy atom. The van der Waals surface area contributed by atoms with Crippen molar-refractivity contribution in [3.8, 4) is 11.5 Å². The van der Waals surface area contributed by atoms with E-state index in [1.807, 2.05) is 54.6 Å². The molecule has 0 amide bonds. The van der Waals surface area contributed by atoms with Gasteiger partial charge in [0.25, 0.3) is 0 Å². The molecular formula is C25H24FNO5. The SMILES string of the molecule is CON=C(COc1ccc(COc2ccc(CCC(=O)O)c(F)c2)cc1)c1ccccc1. The maximum atomic E-state index is 14.1. The fraction of sp³-hybridized carbons (Fsp3) is 0.200. The third-order valence-electron chi connectivity index (χ3n) is 4.65. The van der Waals surface area contributed by atoms with E-state index in [-0.39, 0.29) is 26.1 Å². The van der Waals surface area contributed by atoms with Gasteiger partial charge in [0.1, 0.15) is 43.4 Å². The van der Waals surface area contributed by atoms with Gasteiger partial charge in [-0.15, -0.1) is 0 Å². The van der Waals surface area contributed by atoms with Gasteiger partial charge in [0.05, 0.1) is 0 Å². The minimum atomic E-state index is -0.959. The van der Waals surface area contributed by atoms with Crippen LogP contribution in [0.2, 0.25) is 0 Å². The molecule has 0 radical (unpaired) electrons. The summed E-state index contributed by atoms with van der Waals surface area (Å²) in [5, 5.41) is 12.8. The summed E-state index contributed by atoms with van der Waals surface area (Å²) in [5.41, 5.74) is 2.84. The number of carboxylic acids is 1. The van der Waals surface area contributed by atoms with Crippen LogP contribution in [0.4, 0.5) is 4.39 Å². The molecule has 0 saturated carbocycles. The molecule has 6 nitrogen and oxygen atoms in total. The van der Waals surface area contributed by atoms with Crippen molar-refractivity contribution in [3.05, 3.63) is 95.3 Å². The van der Waals surface area contributed by atoms with Crippen LogP contribution in [0.5, 0.6) is 11.5 Å². The molecule has 7 heteroatoms. The average Bonchev–Trinajstić information content (AvgIpc) is 2.81. The molecule has 3 aromatic rings. The first kappa shape index (κ1) is 22.8. The molecule has 166 valence electrons. The molecule has 1 N–H and O–H groups in total. The normalized spacial score (nSPS) is 11.1. The summed E-state index contributed by atoms with van der Waals surface area (Å²) in [6.45, 7) is 0.510. The molecule has 0 unspecified atom stereocenters. The Labute approximate surface area is 185 Å². The predicted octanol–water partition coefficient (Wildman–Crippen LogP) is 4.85. The van der Waals surface area contributed by atoms with E-state index in [1.165, 1.54) is 13.2 Å². The Morgan fingerprint density at radius 3 is 2.34 bits per heavy atom. The monoisotopic (exact) mass is 437 g/mol. The molecule has 3 aromatic carbocycles. The molecule has 32 heavy (non-hydrogen) atoms. The van der Waals surface area contributed by atoms with Crippen molar-refractivity contribution in [1.29, 1.82) is 0 Å². The van der Waals surface area contributed by atoms with Crippen molar-refractivity contribution in [1.82, 2.24) is 0 Å². The predicted molar refractivity (Wildman–Crippen MR) is 119 cm³/mol. The fourth-order valence-electron chi connectivity index (χ4n) is 2.97. The van der Waals surface area contributed by atoms with Crippen molar-refractivity contribution < 1.29 is 28.6 Å². The lowest BCUT2D eigenvalue weighted by atomic mass is 10.1. The van der Waals surface area contributed by atoms with Crippen LogP contribution in [0.3, 0.4) is 0 Å². The van der Waals surface area contributed by atoms with Crippen molar-refractivity contribution in [2.45, 2.75) is 19.4 Å². The van der Waals surface area contributed by atoms with Crippen LogP contribution in [0.1, 0.15) is 23.1 Å². The number of nitrogens with zero attached hydrogens (tertiary/aromatic N) is 1. The third kappa shape index (κ3) is 6.84. The number of carboxylic acid groups (broad SMARTS) is 1. The number of oxime groups is 1. The molecule has 0 saturated heterocycles. The molecule has 0 fully saturated rings. The molecule has 0 aliphatic heterocycles. The van der Waals surface area contributed by atoms with E-state index >= 15 is 0 Å². The van der Waals surface area contributed by atoms with Crippen molar-refractivity contribution in [2.75, 3.05) is 13.7 Å². The van der Waals surface area contributed by atoms with E-state index < -0.39 is 11.8 Å². The molecule has 0 spiro atoms. The second-order valence-corrected chi connectivity index (χ2v) is 6.95. The van der Waals surface area contributed by atoms with Gasteiger partial charge in [-0.05, 0) is 35.7 Å². The average molecular weight is 437 g/mol. The van der Waals surface area contributed by atoms with Gasteiger partial charge >= 0.3 is 5.97 Å². The standard InChI is InChI=1S/C25H24FNO5/c1-30-27-24(20-5-3-2-4-6-20)17-32-21-11-7-18(8-12-21)16-31-22-13-9-19(23(26)15-22)10-14-25(28)29/h2-9,11-13,15H,10,14,16-17H2,1H3,(H,28,29). The Hall–Kier alpha value is -3.87. The molecule has 0 aliphatic rings. The molecule has 0 aromatic heterocycles. The smallest absolute Gasteiger partial charge is 0.303 e. The summed E-state index contributed by atoms with van der Waals surface area (Å²) in [7, 11) is 1.49. The molecule has 0 aliphatic carbocycles. The van der Waals surface area contributed by atoms with Crippen molar-refractivity contribution in [3.63, 3.8) is 0 Å². The van der Waals surface area contributed by atoms with Crippen molar-refractivity contribution >= 4 is 11.7 Å². The molecule has 0 atom stereocenters. The first-order valence-corrected chi connectivity index (χ1v) is 10.1. The van der Waals surface area contributed by atoms with Crippen LogP contribution in [-0.2, 0) is 22.7 Å². The minimum absolute atomic E-state index is 0.115. The number of hydrogen-bond donors (Lipinski definition) is 1. The maximum Gasteiger partial charge on any atom is 0.303 e. The quantitative estimate of drug-likeness (QED) is 0.343. The molecule has 3 rings (SSSR count). The lowest BCUT2D eigenvalue weighted by molar-refractivity contribution is -0.136.